The Hall–Kier alpha value is -2.47. The van der Waals surface area contributed by atoms with Crippen LogP contribution in [-0.4, -0.2) is 71.0 Å². The Morgan fingerprint density at radius 1 is 0.939 bits per heavy atom. The lowest BCUT2D eigenvalue weighted by Crippen LogP contribution is -2.52. The first-order valence-electron chi connectivity index (χ1n) is 12.8. The van der Waals surface area contributed by atoms with Crippen LogP contribution in [0.2, 0.25) is 0 Å². The van der Waals surface area contributed by atoms with Crippen molar-refractivity contribution in [3.8, 4) is 0 Å². The zero-order chi connectivity index (χ0) is 22.8. The van der Waals surface area contributed by atoms with Crippen LogP contribution in [-0.2, 0) is 12.8 Å². The van der Waals surface area contributed by atoms with Gasteiger partial charge in [-0.25, -0.2) is 9.97 Å². The largest absolute Gasteiger partial charge is 0.338 e. The minimum atomic E-state index is 0.135. The van der Waals surface area contributed by atoms with Gasteiger partial charge in [0, 0.05) is 62.8 Å². The molecule has 6 heteroatoms. The Labute approximate surface area is 198 Å². The molecule has 33 heavy (non-hydrogen) atoms. The van der Waals surface area contributed by atoms with Gasteiger partial charge in [-0.15, -0.1) is 0 Å². The van der Waals surface area contributed by atoms with Crippen LogP contribution in [0.1, 0.15) is 72.6 Å². The van der Waals surface area contributed by atoms with Gasteiger partial charge in [-0.3, -0.25) is 9.69 Å². The smallest absolute Gasteiger partial charge is 0.253 e. The van der Waals surface area contributed by atoms with Crippen molar-refractivity contribution in [1.82, 2.24) is 19.8 Å². The molecule has 1 aromatic carbocycles. The Morgan fingerprint density at radius 2 is 1.70 bits per heavy atom. The molecule has 1 aliphatic carbocycles. The van der Waals surface area contributed by atoms with Gasteiger partial charge < -0.3 is 9.80 Å². The van der Waals surface area contributed by atoms with Crippen LogP contribution in [0.15, 0.2) is 30.5 Å². The Bertz CT molecular complexity index is 961. The lowest BCUT2D eigenvalue weighted by molar-refractivity contribution is 0.0752. The van der Waals surface area contributed by atoms with Crippen LogP contribution in [0.5, 0.6) is 0 Å². The van der Waals surface area contributed by atoms with Crippen LogP contribution in [0, 0.1) is 0 Å². The summed E-state index contributed by atoms with van der Waals surface area (Å²) in [5.41, 5.74) is 4.42. The van der Waals surface area contributed by atoms with E-state index in [-0.39, 0.29) is 5.91 Å². The van der Waals surface area contributed by atoms with Crippen LogP contribution in [0.25, 0.3) is 0 Å². The molecular formula is C27H37N5O. The van der Waals surface area contributed by atoms with Crippen molar-refractivity contribution in [1.29, 1.82) is 0 Å². The van der Waals surface area contributed by atoms with E-state index in [9.17, 15) is 4.79 Å². The maximum Gasteiger partial charge on any atom is 0.253 e. The van der Waals surface area contributed by atoms with Gasteiger partial charge in [-0.1, -0.05) is 32.4 Å². The number of aromatic nitrogens is 2. The summed E-state index contributed by atoms with van der Waals surface area (Å²) in [5, 5.41) is 0. The number of amides is 1. The van der Waals surface area contributed by atoms with Crippen LogP contribution < -0.4 is 4.90 Å². The Morgan fingerprint density at radius 3 is 2.36 bits per heavy atom. The second-order valence-electron chi connectivity index (χ2n) is 10.2. The average molecular weight is 448 g/mol. The van der Waals surface area contributed by atoms with Crippen LogP contribution in [0.4, 0.5) is 5.95 Å². The molecule has 6 nitrogen and oxygen atoms in total. The lowest BCUT2D eigenvalue weighted by atomic mass is 9.91. The molecule has 1 aromatic heterocycles. The minimum Gasteiger partial charge on any atom is -0.338 e. The van der Waals surface area contributed by atoms with Crippen molar-refractivity contribution in [3.05, 3.63) is 52.8 Å². The number of nitrogens with zero attached hydrogens (tertiary/aromatic N) is 5. The average Bonchev–Trinajstić information content (AvgIpc) is 2.79. The minimum absolute atomic E-state index is 0.135. The molecule has 1 amide bonds. The van der Waals surface area contributed by atoms with Gasteiger partial charge >= 0.3 is 0 Å². The third-order valence-corrected chi connectivity index (χ3v) is 7.73. The summed E-state index contributed by atoms with van der Waals surface area (Å²) in [4.78, 5) is 29.8. The summed E-state index contributed by atoms with van der Waals surface area (Å²) in [6.45, 7) is 10.1. The topological polar surface area (TPSA) is 52.6 Å². The molecule has 176 valence electrons. The second-order valence-corrected chi connectivity index (χ2v) is 10.2. The summed E-state index contributed by atoms with van der Waals surface area (Å²) < 4.78 is 0. The fourth-order valence-corrected chi connectivity index (χ4v) is 5.25. The van der Waals surface area contributed by atoms with Gasteiger partial charge in [-0.05, 0) is 61.3 Å². The lowest BCUT2D eigenvalue weighted by Gasteiger charge is -2.43. The maximum absolute atomic E-state index is 13.1. The summed E-state index contributed by atoms with van der Waals surface area (Å²) in [6, 6.07) is 8.94. The fraction of sp³-hybridized carbons (Fsp3) is 0.593. The Kier molecular flexibility index (Phi) is 6.63. The van der Waals surface area contributed by atoms with E-state index in [0.717, 1.165) is 76.1 Å². The van der Waals surface area contributed by atoms with Gasteiger partial charge in [-0.2, -0.15) is 0 Å². The first kappa shape index (κ1) is 22.3. The van der Waals surface area contributed by atoms with E-state index in [4.69, 9.17) is 9.97 Å². The van der Waals surface area contributed by atoms with Crippen molar-refractivity contribution in [2.24, 2.45) is 0 Å². The molecule has 2 aliphatic heterocycles. The zero-order valence-electron chi connectivity index (χ0n) is 20.2. The molecule has 5 rings (SSSR count). The first-order valence-corrected chi connectivity index (χ1v) is 12.8. The van der Waals surface area contributed by atoms with Gasteiger partial charge in [0.25, 0.3) is 5.91 Å². The van der Waals surface area contributed by atoms with Crippen molar-refractivity contribution in [2.45, 2.75) is 64.3 Å². The third kappa shape index (κ3) is 4.91. The second kappa shape index (κ2) is 9.80. The number of hydrogen-bond donors (Lipinski definition) is 0. The molecule has 2 aromatic rings. The molecule has 1 saturated carbocycles. The molecule has 3 heterocycles. The van der Waals surface area contributed by atoms with Crippen molar-refractivity contribution >= 4 is 11.9 Å². The van der Waals surface area contributed by atoms with E-state index < -0.39 is 0 Å². The van der Waals surface area contributed by atoms with Gasteiger partial charge in [0.2, 0.25) is 5.95 Å². The quantitative estimate of drug-likeness (QED) is 0.711. The molecule has 0 atom stereocenters. The maximum atomic E-state index is 13.1. The number of fused-ring (bicyclic) bond motifs is 1. The van der Waals surface area contributed by atoms with Gasteiger partial charge in [0.1, 0.15) is 0 Å². The van der Waals surface area contributed by atoms with E-state index in [1.807, 2.05) is 23.2 Å². The Balaban J connectivity index is 1.21. The molecule has 3 aliphatic rings. The highest BCUT2D eigenvalue weighted by atomic mass is 16.2. The van der Waals surface area contributed by atoms with E-state index in [1.165, 1.54) is 36.1 Å². The van der Waals surface area contributed by atoms with Crippen LogP contribution >= 0.6 is 0 Å². The van der Waals surface area contributed by atoms with Crippen LogP contribution in [0.3, 0.4) is 0 Å². The summed E-state index contributed by atoms with van der Waals surface area (Å²) in [7, 11) is 0. The molecule has 0 spiro atoms. The molecule has 0 N–H and O–H groups in total. The molecular weight excluding hydrogens is 410 g/mol. The monoisotopic (exact) mass is 447 g/mol. The third-order valence-electron chi connectivity index (χ3n) is 7.73. The molecule has 0 radical (unpaired) electrons. The molecule has 0 unspecified atom stereocenters. The SMILES string of the molecule is CC(C)c1ccc(C(=O)N2CCCc3nc(N4CCN(C5CCC5)CC4)ncc3CC2)cc1. The number of piperazine rings is 1. The number of anilines is 1. The normalized spacial score (nSPS) is 20.2. The molecule has 1 saturated heterocycles. The van der Waals surface area contributed by atoms with Gasteiger partial charge in [0.15, 0.2) is 0 Å². The number of benzene rings is 1. The highest BCUT2D eigenvalue weighted by molar-refractivity contribution is 5.94. The number of hydrogen-bond acceptors (Lipinski definition) is 5. The first-order chi connectivity index (χ1) is 16.1. The highest BCUT2D eigenvalue weighted by Gasteiger charge is 2.29. The number of aryl methyl sites for hydroxylation is 1. The van der Waals surface area contributed by atoms with E-state index in [2.05, 4.69) is 35.8 Å². The standard InChI is InChI=1S/C27H37N5O/c1-20(2)21-8-10-22(11-9-21)26(33)31-13-4-7-25-23(12-14-31)19-28-27(29-25)32-17-15-30(16-18-32)24-5-3-6-24/h8-11,19-20,24H,3-7,12-18H2,1-2H3. The predicted octanol–water partition coefficient (Wildman–Crippen LogP) is 3.91. The molecule has 0 bridgehead atoms. The summed E-state index contributed by atoms with van der Waals surface area (Å²) in [5.74, 6) is 1.50. The number of carbonyl (C=O) groups excluding carboxylic acids is 1. The van der Waals surface area contributed by atoms with Crippen molar-refractivity contribution in [3.63, 3.8) is 0 Å². The zero-order valence-corrected chi connectivity index (χ0v) is 20.2. The number of carbonyl (C=O) groups is 1. The summed E-state index contributed by atoms with van der Waals surface area (Å²) >= 11 is 0. The molecule has 2 fully saturated rings. The fourth-order valence-electron chi connectivity index (χ4n) is 5.25. The summed E-state index contributed by atoms with van der Waals surface area (Å²) in [6.07, 6.45) is 8.82. The van der Waals surface area contributed by atoms with Crippen molar-refractivity contribution in [2.75, 3.05) is 44.2 Å². The van der Waals surface area contributed by atoms with E-state index in [0.29, 0.717) is 5.92 Å². The highest BCUT2D eigenvalue weighted by Crippen LogP contribution is 2.26. The predicted molar refractivity (Wildman–Crippen MR) is 132 cm³/mol. The van der Waals surface area contributed by atoms with E-state index >= 15 is 0 Å². The van der Waals surface area contributed by atoms with E-state index in [1.54, 1.807) is 0 Å². The van der Waals surface area contributed by atoms with Crippen molar-refractivity contribution < 1.29 is 4.79 Å². The number of rotatable bonds is 4. The van der Waals surface area contributed by atoms with Gasteiger partial charge in [0.05, 0.1) is 0 Å².